The van der Waals surface area contributed by atoms with Crippen LogP contribution in [0.3, 0.4) is 0 Å². The minimum absolute atomic E-state index is 0.135. The van der Waals surface area contributed by atoms with Gasteiger partial charge in [-0.3, -0.25) is 9.69 Å². The number of piperazine rings is 1. The zero-order valence-corrected chi connectivity index (χ0v) is 16.5. The van der Waals surface area contributed by atoms with Crippen molar-refractivity contribution in [3.8, 4) is 0 Å². The summed E-state index contributed by atoms with van der Waals surface area (Å²) in [6.07, 6.45) is 0. The van der Waals surface area contributed by atoms with E-state index in [9.17, 15) is 9.18 Å². The number of pyridine rings is 1. The summed E-state index contributed by atoms with van der Waals surface area (Å²) in [5.41, 5.74) is 3.05. The minimum Gasteiger partial charge on any atom is -0.335 e. The fourth-order valence-electron chi connectivity index (χ4n) is 3.89. The third-order valence-corrected chi connectivity index (χ3v) is 5.44. The van der Waals surface area contributed by atoms with E-state index in [-0.39, 0.29) is 23.5 Å². The van der Waals surface area contributed by atoms with Gasteiger partial charge in [0, 0.05) is 26.2 Å². The average molecular weight is 389 g/mol. The Hall–Kier alpha value is -3.05. The molecule has 0 atom stereocenters. The van der Waals surface area contributed by atoms with Gasteiger partial charge in [-0.25, -0.2) is 9.37 Å². The molecule has 0 spiro atoms. The number of carbonyl (C=O) groups is 1. The first kappa shape index (κ1) is 19.3. The molecule has 2 aromatic carbocycles. The van der Waals surface area contributed by atoms with Gasteiger partial charge in [-0.2, -0.15) is 0 Å². The Balaban J connectivity index is 1.51. The summed E-state index contributed by atoms with van der Waals surface area (Å²) < 4.78 is 13.5. The fraction of sp³-hybridized carbons (Fsp3) is 0.250. The molecule has 1 aliphatic rings. The average Bonchev–Trinajstić information content (AvgIpc) is 2.77. The van der Waals surface area contributed by atoms with Gasteiger partial charge in [0.15, 0.2) is 0 Å². The van der Waals surface area contributed by atoms with E-state index in [1.807, 2.05) is 17.0 Å². The Kier molecular flexibility index (Phi) is 5.67. The molecule has 4 nitrogen and oxygen atoms in total. The number of hydrogen-bond acceptors (Lipinski definition) is 3. The van der Waals surface area contributed by atoms with Crippen LogP contribution in [0.4, 0.5) is 4.39 Å². The van der Waals surface area contributed by atoms with Crippen LogP contribution in [0.15, 0.2) is 72.8 Å². The van der Waals surface area contributed by atoms with Crippen LogP contribution in [0.1, 0.15) is 33.4 Å². The molecule has 29 heavy (non-hydrogen) atoms. The molecule has 1 aliphatic heterocycles. The van der Waals surface area contributed by atoms with Crippen LogP contribution in [0.5, 0.6) is 0 Å². The van der Waals surface area contributed by atoms with Gasteiger partial charge in [-0.05, 0) is 30.2 Å². The van der Waals surface area contributed by atoms with E-state index in [1.165, 1.54) is 23.3 Å². The van der Waals surface area contributed by atoms with Gasteiger partial charge in [0.2, 0.25) is 0 Å². The maximum atomic E-state index is 13.5. The van der Waals surface area contributed by atoms with Gasteiger partial charge >= 0.3 is 0 Å². The number of aromatic nitrogens is 1. The van der Waals surface area contributed by atoms with Crippen LogP contribution < -0.4 is 0 Å². The number of halogens is 1. The smallest absolute Gasteiger partial charge is 0.272 e. The third-order valence-electron chi connectivity index (χ3n) is 5.44. The SMILES string of the molecule is Cc1nc(C(=O)N2CCN(C(c3ccccc3)c3ccccc3)CC2)ccc1F. The van der Waals surface area contributed by atoms with Crippen molar-refractivity contribution in [3.63, 3.8) is 0 Å². The lowest BCUT2D eigenvalue weighted by molar-refractivity contribution is 0.0591. The zero-order valence-electron chi connectivity index (χ0n) is 16.5. The predicted molar refractivity (Wildman–Crippen MR) is 111 cm³/mol. The molecular formula is C24H24FN3O. The molecule has 1 fully saturated rings. The second-order valence-electron chi connectivity index (χ2n) is 7.32. The van der Waals surface area contributed by atoms with Crippen molar-refractivity contribution in [1.82, 2.24) is 14.8 Å². The molecule has 1 saturated heterocycles. The van der Waals surface area contributed by atoms with Gasteiger partial charge in [0.05, 0.1) is 11.7 Å². The first-order chi connectivity index (χ1) is 14.1. The van der Waals surface area contributed by atoms with E-state index in [0.29, 0.717) is 18.8 Å². The monoisotopic (exact) mass is 389 g/mol. The number of carbonyl (C=O) groups excluding carboxylic acids is 1. The van der Waals surface area contributed by atoms with E-state index >= 15 is 0 Å². The Morgan fingerprint density at radius 3 is 1.93 bits per heavy atom. The highest BCUT2D eigenvalue weighted by Crippen LogP contribution is 2.29. The molecule has 5 heteroatoms. The molecule has 1 amide bonds. The summed E-state index contributed by atoms with van der Waals surface area (Å²) in [7, 11) is 0. The van der Waals surface area contributed by atoms with Gasteiger partial charge in [0.1, 0.15) is 11.5 Å². The molecule has 0 N–H and O–H groups in total. The molecular weight excluding hydrogens is 365 g/mol. The zero-order chi connectivity index (χ0) is 20.2. The highest BCUT2D eigenvalue weighted by molar-refractivity contribution is 5.92. The highest BCUT2D eigenvalue weighted by Gasteiger charge is 2.29. The number of rotatable bonds is 4. The predicted octanol–water partition coefficient (Wildman–Crippen LogP) is 4.08. The van der Waals surface area contributed by atoms with E-state index in [4.69, 9.17) is 0 Å². The summed E-state index contributed by atoms with van der Waals surface area (Å²) in [4.78, 5) is 21.1. The van der Waals surface area contributed by atoms with E-state index in [0.717, 1.165) is 13.1 Å². The second-order valence-corrected chi connectivity index (χ2v) is 7.32. The maximum absolute atomic E-state index is 13.5. The van der Waals surface area contributed by atoms with Crippen molar-refractivity contribution in [2.45, 2.75) is 13.0 Å². The number of hydrogen-bond donors (Lipinski definition) is 0. The number of aryl methyl sites for hydroxylation is 1. The van der Waals surface area contributed by atoms with Crippen molar-refractivity contribution < 1.29 is 9.18 Å². The Labute approximate surface area is 170 Å². The van der Waals surface area contributed by atoms with Crippen LogP contribution in [0.25, 0.3) is 0 Å². The Morgan fingerprint density at radius 2 is 1.41 bits per heavy atom. The molecule has 3 aromatic rings. The van der Waals surface area contributed by atoms with Crippen LogP contribution in [-0.4, -0.2) is 46.9 Å². The van der Waals surface area contributed by atoms with Gasteiger partial charge < -0.3 is 4.90 Å². The summed E-state index contributed by atoms with van der Waals surface area (Å²) in [5.74, 6) is -0.524. The lowest BCUT2D eigenvalue weighted by atomic mass is 9.96. The van der Waals surface area contributed by atoms with Gasteiger partial charge in [-0.15, -0.1) is 0 Å². The Bertz CT molecular complexity index is 930. The third kappa shape index (κ3) is 4.20. The topological polar surface area (TPSA) is 36.4 Å². The molecule has 0 bridgehead atoms. The molecule has 0 saturated carbocycles. The molecule has 0 radical (unpaired) electrons. The van der Waals surface area contributed by atoms with Crippen molar-refractivity contribution in [1.29, 1.82) is 0 Å². The van der Waals surface area contributed by atoms with Crippen LogP contribution in [0, 0.1) is 12.7 Å². The van der Waals surface area contributed by atoms with Crippen molar-refractivity contribution >= 4 is 5.91 Å². The standard InChI is InChI=1S/C24H24FN3O/c1-18-21(25)12-13-22(26-18)24(29)28-16-14-27(15-17-28)23(19-8-4-2-5-9-19)20-10-6-3-7-11-20/h2-13,23H,14-17H2,1H3. The van der Waals surface area contributed by atoms with Crippen LogP contribution >= 0.6 is 0 Å². The van der Waals surface area contributed by atoms with Crippen LogP contribution in [-0.2, 0) is 0 Å². The van der Waals surface area contributed by atoms with Gasteiger partial charge in [0.25, 0.3) is 5.91 Å². The summed E-state index contributed by atoms with van der Waals surface area (Å²) in [5, 5.41) is 0. The summed E-state index contributed by atoms with van der Waals surface area (Å²) in [6, 6.07) is 23.9. The molecule has 2 heterocycles. The van der Waals surface area contributed by atoms with Crippen molar-refractivity contribution in [2.24, 2.45) is 0 Å². The first-order valence-corrected chi connectivity index (χ1v) is 9.90. The van der Waals surface area contributed by atoms with E-state index < -0.39 is 0 Å². The lowest BCUT2D eigenvalue weighted by Gasteiger charge is -2.39. The Morgan fingerprint density at radius 1 is 0.862 bits per heavy atom. The molecule has 148 valence electrons. The fourth-order valence-corrected chi connectivity index (χ4v) is 3.89. The molecule has 0 aliphatic carbocycles. The van der Waals surface area contributed by atoms with Crippen molar-refractivity contribution in [3.05, 3.63) is 101 Å². The quantitative estimate of drug-likeness (QED) is 0.675. The minimum atomic E-state index is -0.389. The lowest BCUT2D eigenvalue weighted by Crippen LogP contribution is -2.50. The normalized spacial score (nSPS) is 14.9. The maximum Gasteiger partial charge on any atom is 0.272 e. The summed E-state index contributed by atoms with van der Waals surface area (Å²) >= 11 is 0. The number of nitrogens with zero attached hydrogens (tertiary/aromatic N) is 3. The van der Waals surface area contributed by atoms with Crippen molar-refractivity contribution in [2.75, 3.05) is 26.2 Å². The first-order valence-electron chi connectivity index (χ1n) is 9.90. The largest absolute Gasteiger partial charge is 0.335 e. The number of benzene rings is 2. The second kappa shape index (κ2) is 8.53. The van der Waals surface area contributed by atoms with Crippen LogP contribution in [0.2, 0.25) is 0 Å². The van der Waals surface area contributed by atoms with E-state index in [1.54, 1.807) is 6.92 Å². The summed E-state index contributed by atoms with van der Waals surface area (Å²) in [6.45, 7) is 4.34. The van der Waals surface area contributed by atoms with E-state index in [2.05, 4.69) is 58.4 Å². The molecule has 1 aromatic heterocycles. The van der Waals surface area contributed by atoms with Gasteiger partial charge in [-0.1, -0.05) is 60.7 Å². The molecule has 0 unspecified atom stereocenters. The number of amides is 1. The highest BCUT2D eigenvalue weighted by atomic mass is 19.1. The molecule has 4 rings (SSSR count).